The average Bonchev–Trinajstić information content (AvgIpc) is 2.33. The van der Waals surface area contributed by atoms with Gasteiger partial charge in [-0.2, -0.15) is 0 Å². The molecular formula is C15H19Cl. The fourth-order valence-electron chi connectivity index (χ4n) is 1.65. The van der Waals surface area contributed by atoms with Crippen LogP contribution in [0.3, 0.4) is 0 Å². The third-order valence-corrected chi connectivity index (χ3v) is 2.71. The Bertz CT molecular complexity index is 340. The maximum absolute atomic E-state index is 5.51. The van der Waals surface area contributed by atoms with Crippen molar-refractivity contribution < 1.29 is 0 Å². The first-order valence-corrected chi connectivity index (χ1v) is 6.54. The van der Waals surface area contributed by atoms with Crippen molar-refractivity contribution in [2.45, 2.75) is 39.0 Å². The van der Waals surface area contributed by atoms with Crippen LogP contribution in [0, 0.1) is 11.8 Å². The quantitative estimate of drug-likeness (QED) is 0.403. The minimum absolute atomic E-state index is 0.402. The van der Waals surface area contributed by atoms with Crippen LogP contribution >= 0.6 is 11.6 Å². The monoisotopic (exact) mass is 234 g/mol. The van der Waals surface area contributed by atoms with E-state index in [2.05, 4.69) is 43.0 Å². The Balaban J connectivity index is 2.39. The van der Waals surface area contributed by atoms with Crippen molar-refractivity contribution in [1.29, 1.82) is 0 Å². The molecule has 0 aliphatic heterocycles. The van der Waals surface area contributed by atoms with Gasteiger partial charge in [0.25, 0.3) is 0 Å². The number of hydrogen-bond donors (Lipinski definition) is 0. The van der Waals surface area contributed by atoms with Crippen molar-refractivity contribution in [2.75, 3.05) is 5.88 Å². The number of aryl methyl sites for hydroxylation is 1. The molecule has 1 aromatic rings. The molecular weight excluding hydrogens is 216 g/mol. The minimum Gasteiger partial charge on any atom is -0.113 e. The second kappa shape index (κ2) is 8.25. The number of alkyl halides is 1. The second-order valence-corrected chi connectivity index (χ2v) is 4.21. The Morgan fingerprint density at radius 1 is 1.06 bits per heavy atom. The molecule has 0 unspecified atom stereocenters. The molecule has 1 heteroatoms. The van der Waals surface area contributed by atoms with Crippen LogP contribution in [0.4, 0.5) is 0 Å². The highest BCUT2D eigenvalue weighted by atomic mass is 35.5. The van der Waals surface area contributed by atoms with Gasteiger partial charge in [-0.1, -0.05) is 50.2 Å². The summed E-state index contributed by atoms with van der Waals surface area (Å²) in [5.41, 5.74) is 2.46. The number of unbranched alkanes of at least 4 members (excludes halogenated alkanes) is 3. The van der Waals surface area contributed by atoms with Gasteiger partial charge in [0.05, 0.1) is 5.88 Å². The molecule has 0 fully saturated rings. The van der Waals surface area contributed by atoms with E-state index in [0.717, 1.165) is 5.56 Å². The molecule has 1 aromatic carbocycles. The Morgan fingerprint density at radius 2 is 1.81 bits per heavy atom. The third-order valence-electron chi connectivity index (χ3n) is 2.57. The molecule has 0 heterocycles. The zero-order valence-electron chi connectivity index (χ0n) is 9.93. The number of rotatable bonds is 5. The highest BCUT2D eigenvalue weighted by Gasteiger charge is 1.93. The number of halogens is 1. The SMILES string of the molecule is CCCCCCc1ccc(C#CCCl)cc1. The topological polar surface area (TPSA) is 0 Å². The van der Waals surface area contributed by atoms with E-state index in [1.54, 1.807) is 0 Å². The Morgan fingerprint density at radius 3 is 2.44 bits per heavy atom. The lowest BCUT2D eigenvalue weighted by molar-refractivity contribution is 0.667. The summed E-state index contributed by atoms with van der Waals surface area (Å²) in [5.74, 6) is 6.28. The van der Waals surface area contributed by atoms with Crippen LogP contribution in [0.1, 0.15) is 43.7 Å². The van der Waals surface area contributed by atoms with Crippen molar-refractivity contribution in [2.24, 2.45) is 0 Å². The Kier molecular flexibility index (Phi) is 6.77. The molecule has 0 bridgehead atoms. The number of benzene rings is 1. The summed E-state index contributed by atoms with van der Waals surface area (Å²) in [6.07, 6.45) is 6.46. The predicted octanol–water partition coefficient (Wildman–Crippen LogP) is 4.40. The molecule has 0 spiro atoms. The Labute approximate surface area is 104 Å². The zero-order chi connectivity index (χ0) is 11.6. The maximum atomic E-state index is 5.51. The van der Waals surface area contributed by atoms with Gasteiger partial charge in [0, 0.05) is 5.56 Å². The molecule has 0 nitrogen and oxygen atoms in total. The van der Waals surface area contributed by atoms with Gasteiger partial charge in [-0.25, -0.2) is 0 Å². The fraction of sp³-hybridized carbons (Fsp3) is 0.467. The van der Waals surface area contributed by atoms with E-state index >= 15 is 0 Å². The maximum Gasteiger partial charge on any atom is 0.0839 e. The highest BCUT2D eigenvalue weighted by molar-refractivity contribution is 6.19. The molecule has 0 aliphatic rings. The van der Waals surface area contributed by atoms with E-state index in [1.165, 1.54) is 37.7 Å². The summed E-state index contributed by atoms with van der Waals surface area (Å²) >= 11 is 5.51. The highest BCUT2D eigenvalue weighted by Crippen LogP contribution is 2.09. The van der Waals surface area contributed by atoms with Crippen LogP contribution in [0.25, 0.3) is 0 Å². The van der Waals surface area contributed by atoms with E-state index < -0.39 is 0 Å². The number of hydrogen-bond acceptors (Lipinski definition) is 0. The zero-order valence-corrected chi connectivity index (χ0v) is 10.7. The lowest BCUT2D eigenvalue weighted by Gasteiger charge is -2.01. The van der Waals surface area contributed by atoms with Gasteiger partial charge in [-0.3, -0.25) is 0 Å². The molecule has 0 aliphatic carbocycles. The van der Waals surface area contributed by atoms with Gasteiger partial charge in [0.1, 0.15) is 0 Å². The van der Waals surface area contributed by atoms with Gasteiger partial charge < -0.3 is 0 Å². The normalized spacial score (nSPS) is 9.62. The van der Waals surface area contributed by atoms with Crippen molar-refractivity contribution in [3.8, 4) is 11.8 Å². The van der Waals surface area contributed by atoms with Crippen molar-refractivity contribution in [3.63, 3.8) is 0 Å². The van der Waals surface area contributed by atoms with Crippen LogP contribution in [0.5, 0.6) is 0 Å². The molecule has 0 atom stereocenters. The summed E-state index contributed by atoms with van der Waals surface area (Å²) < 4.78 is 0. The van der Waals surface area contributed by atoms with Crippen molar-refractivity contribution >= 4 is 11.6 Å². The van der Waals surface area contributed by atoms with Crippen LogP contribution in [0.15, 0.2) is 24.3 Å². The van der Waals surface area contributed by atoms with Crippen LogP contribution in [-0.4, -0.2) is 5.88 Å². The van der Waals surface area contributed by atoms with Gasteiger partial charge >= 0.3 is 0 Å². The van der Waals surface area contributed by atoms with E-state index in [0.29, 0.717) is 5.88 Å². The van der Waals surface area contributed by atoms with Crippen LogP contribution in [-0.2, 0) is 6.42 Å². The predicted molar refractivity (Wildman–Crippen MR) is 71.9 cm³/mol. The molecule has 16 heavy (non-hydrogen) atoms. The summed E-state index contributed by atoms with van der Waals surface area (Å²) in [6, 6.07) is 8.50. The van der Waals surface area contributed by atoms with Crippen molar-refractivity contribution in [1.82, 2.24) is 0 Å². The molecule has 0 N–H and O–H groups in total. The average molecular weight is 235 g/mol. The van der Waals surface area contributed by atoms with Gasteiger partial charge in [-0.15, -0.1) is 11.6 Å². The summed E-state index contributed by atoms with van der Waals surface area (Å²) in [6.45, 7) is 2.24. The lowest BCUT2D eigenvalue weighted by Crippen LogP contribution is -1.86. The van der Waals surface area contributed by atoms with E-state index in [9.17, 15) is 0 Å². The summed E-state index contributed by atoms with van der Waals surface area (Å²) in [4.78, 5) is 0. The van der Waals surface area contributed by atoms with Gasteiger partial charge in [-0.05, 0) is 30.5 Å². The largest absolute Gasteiger partial charge is 0.113 e. The molecule has 0 saturated heterocycles. The van der Waals surface area contributed by atoms with E-state index in [4.69, 9.17) is 11.6 Å². The first-order valence-electron chi connectivity index (χ1n) is 6.00. The van der Waals surface area contributed by atoms with Crippen LogP contribution < -0.4 is 0 Å². The smallest absolute Gasteiger partial charge is 0.0839 e. The molecule has 1 rings (SSSR count). The van der Waals surface area contributed by atoms with Crippen molar-refractivity contribution in [3.05, 3.63) is 35.4 Å². The standard InChI is InChI=1S/C15H19Cl/c1-2-3-4-5-7-14-9-11-15(12-10-14)8-6-13-16/h9-12H,2-5,7,13H2,1H3. The minimum atomic E-state index is 0.402. The molecule has 0 saturated carbocycles. The third kappa shape index (κ3) is 5.24. The summed E-state index contributed by atoms with van der Waals surface area (Å²) in [7, 11) is 0. The first-order chi connectivity index (χ1) is 7.86. The van der Waals surface area contributed by atoms with E-state index in [-0.39, 0.29) is 0 Å². The van der Waals surface area contributed by atoms with Gasteiger partial charge in [0.2, 0.25) is 0 Å². The van der Waals surface area contributed by atoms with Crippen LogP contribution in [0.2, 0.25) is 0 Å². The van der Waals surface area contributed by atoms with Gasteiger partial charge in [0.15, 0.2) is 0 Å². The molecule has 0 amide bonds. The fourth-order valence-corrected chi connectivity index (χ4v) is 1.71. The Hall–Kier alpha value is -0.930. The molecule has 86 valence electrons. The molecule has 0 radical (unpaired) electrons. The first kappa shape index (κ1) is 13.1. The second-order valence-electron chi connectivity index (χ2n) is 3.94. The van der Waals surface area contributed by atoms with E-state index in [1.807, 2.05) is 0 Å². The lowest BCUT2D eigenvalue weighted by atomic mass is 10.0. The summed E-state index contributed by atoms with van der Waals surface area (Å²) in [5, 5.41) is 0. The molecule has 0 aromatic heterocycles.